The van der Waals surface area contributed by atoms with E-state index in [2.05, 4.69) is 5.32 Å². The number of thioether (sulfide) groups is 2. The van der Waals surface area contributed by atoms with E-state index in [9.17, 15) is 9.59 Å². The van der Waals surface area contributed by atoms with E-state index in [-0.39, 0.29) is 22.3 Å². The van der Waals surface area contributed by atoms with Gasteiger partial charge >= 0.3 is 0 Å². The Bertz CT molecular complexity index is 676. The van der Waals surface area contributed by atoms with E-state index in [1.807, 2.05) is 60.7 Å². The second-order valence-electron chi connectivity index (χ2n) is 5.24. The molecule has 0 bridgehead atoms. The van der Waals surface area contributed by atoms with Gasteiger partial charge in [-0.05, 0) is 24.1 Å². The summed E-state index contributed by atoms with van der Waals surface area (Å²) < 4.78 is 0. The molecule has 1 aliphatic rings. The van der Waals surface area contributed by atoms with E-state index >= 15 is 0 Å². The van der Waals surface area contributed by atoms with E-state index < -0.39 is 0 Å². The van der Waals surface area contributed by atoms with Gasteiger partial charge in [-0.1, -0.05) is 60.3 Å². The summed E-state index contributed by atoms with van der Waals surface area (Å²) in [5.41, 5.74) is 0.942. The Balaban J connectivity index is 1.79. The molecule has 3 nitrogen and oxygen atoms in total. The van der Waals surface area contributed by atoms with Gasteiger partial charge in [0.2, 0.25) is 11.0 Å². The standard InChI is InChI=1S/C18H17NO2S2/c20-17(19-15-11-12-22-18(15)21)16(13-7-3-1-4-8-13)23-14-9-5-2-6-10-14/h1-10,15-16H,11-12H2,(H,19,20)/t15-,16+/m1/s1. The topological polar surface area (TPSA) is 46.2 Å². The molecule has 2 atom stereocenters. The Morgan fingerprint density at radius 1 is 1.09 bits per heavy atom. The Hall–Kier alpha value is -1.72. The van der Waals surface area contributed by atoms with Gasteiger partial charge in [-0.15, -0.1) is 11.8 Å². The highest BCUT2D eigenvalue weighted by molar-refractivity contribution is 8.14. The Morgan fingerprint density at radius 3 is 2.35 bits per heavy atom. The molecule has 0 radical (unpaired) electrons. The van der Waals surface area contributed by atoms with Crippen molar-refractivity contribution < 1.29 is 9.59 Å². The van der Waals surface area contributed by atoms with Crippen molar-refractivity contribution in [3.8, 4) is 0 Å². The maximum Gasteiger partial charge on any atom is 0.238 e. The van der Waals surface area contributed by atoms with Crippen LogP contribution in [-0.4, -0.2) is 22.8 Å². The molecule has 0 aliphatic carbocycles. The van der Waals surface area contributed by atoms with Crippen molar-refractivity contribution in [1.82, 2.24) is 5.32 Å². The van der Waals surface area contributed by atoms with Gasteiger partial charge in [0.25, 0.3) is 0 Å². The highest BCUT2D eigenvalue weighted by Crippen LogP contribution is 2.35. The molecule has 0 unspecified atom stereocenters. The molecular formula is C18H17NO2S2. The lowest BCUT2D eigenvalue weighted by Gasteiger charge is -2.19. The van der Waals surface area contributed by atoms with Crippen LogP contribution in [0.5, 0.6) is 0 Å². The zero-order valence-electron chi connectivity index (χ0n) is 12.5. The first-order valence-electron chi connectivity index (χ1n) is 7.48. The van der Waals surface area contributed by atoms with Gasteiger partial charge in [-0.25, -0.2) is 0 Å². The Kier molecular flexibility index (Phi) is 5.41. The lowest BCUT2D eigenvalue weighted by Crippen LogP contribution is -2.39. The fourth-order valence-corrected chi connectivity index (χ4v) is 4.40. The molecule has 1 aliphatic heterocycles. The first kappa shape index (κ1) is 16.1. The molecule has 23 heavy (non-hydrogen) atoms. The lowest BCUT2D eigenvalue weighted by atomic mass is 10.1. The molecular weight excluding hydrogens is 326 g/mol. The van der Waals surface area contributed by atoms with Crippen molar-refractivity contribution in [1.29, 1.82) is 0 Å². The van der Waals surface area contributed by atoms with Gasteiger partial charge in [0.15, 0.2) is 0 Å². The van der Waals surface area contributed by atoms with Crippen LogP contribution in [0.1, 0.15) is 17.2 Å². The van der Waals surface area contributed by atoms with Crippen molar-refractivity contribution in [2.45, 2.75) is 22.6 Å². The molecule has 2 aromatic carbocycles. The zero-order chi connectivity index (χ0) is 16.1. The van der Waals surface area contributed by atoms with Crippen LogP contribution in [0.25, 0.3) is 0 Å². The van der Waals surface area contributed by atoms with Crippen molar-refractivity contribution in [3.05, 3.63) is 66.2 Å². The van der Waals surface area contributed by atoms with E-state index in [1.165, 1.54) is 23.5 Å². The fourth-order valence-electron chi connectivity index (χ4n) is 2.41. The predicted octanol–water partition coefficient (Wildman–Crippen LogP) is 3.67. The minimum absolute atomic E-state index is 0.0647. The fraction of sp³-hybridized carbons (Fsp3) is 0.222. The molecule has 3 rings (SSSR count). The minimum Gasteiger partial charge on any atom is -0.344 e. The average Bonchev–Trinajstić information content (AvgIpc) is 2.99. The summed E-state index contributed by atoms with van der Waals surface area (Å²) in [4.78, 5) is 25.6. The Labute approximate surface area is 144 Å². The number of carbonyl (C=O) groups is 2. The summed E-state index contributed by atoms with van der Waals surface area (Å²) in [6, 6.07) is 19.2. The van der Waals surface area contributed by atoms with Gasteiger partial charge in [-0.3, -0.25) is 9.59 Å². The van der Waals surface area contributed by atoms with Gasteiger partial charge in [0.1, 0.15) is 5.25 Å². The molecule has 0 aromatic heterocycles. The molecule has 1 fully saturated rings. The van der Waals surface area contributed by atoms with E-state index in [0.717, 1.165) is 16.2 Å². The maximum atomic E-state index is 12.8. The Morgan fingerprint density at radius 2 is 1.74 bits per heavy atom. The number of carbonyl (C=O) groups excluding carboxylic acids is 2. The summed E-state index contributed by atoms with van der Waals surface area (Å²) in [7, 11) is 0. The number of nitrogens with one attached hydrogen (secondary N) is 1. The summed E-state index contributed by atoms with van der Waals surface area (Å²) in [6.45, 7) is 0. The van der Waals surface area contributed by atoms with Crippen LogP contribution in [-0.2, 0) is 9.59 Å². The predicted molar refractivity (Wildman–Crippen MR) is 95.5 cm³/mol. The quantitative estimate of drug-likeness (QED) is 0.842. The van der Waals surface area contributed by atoms with Crippen molar-refractivity contribution >= 4 is 34.5 Å². The SMILES string of the molecule is O=C(N[C@@H]1CCSC1=O)[C@@H](Sc1ccccc1)c1ccccc1. The molecule has 1 saturated heterocycles. The van der Waals surface area contributed by atoms with E-state index in [0.29, 0.717) is 6.42 Å². The third kappa shape index (κ3) is 4.18. The van der Waals surface area contributed by atoms with Crippen molar-refractivity contribution in [2.75, 3.05) is 5.75 Å². The third-order valence-corrected chi connectivity index (χ3v) is 5.86. The van der Waals surface area contributed by atoms with Crippen LogP contribution in [0.2, 0.25) is 0 Å². The van der Waals surface area contributed by atoms with Crippen molar-refractivity contribution in [3.63, 3.8) is 0 Å². The number of amides is 1. The maximum absolute atomic E-state index is 12.8. The van der Waals surface area contributed by atoms with E-state index in [1.54, 1.807) is 0 Å². The van der Waals surface area contributed by atoms with Crippen LogP contribution < -0.4 is 5.32 Å². The molecule has 5 heteroatoms. The summed E-state index contributed by atoms with van der Waals surface area (Å²) in [5, 5.41) is 2.62. The zero-order valence-corrected chi connectivity index (χ0v) is 14.1. The number of benzene rings is 2. The largest absolute Gasteiger partial charge is 0.344 e. The second kappa shape index (κ2) is 7.70. The lowest BCUT2D eigenvalue weighted by molar-refractivity contribution is -0.124. The molecule has 1 N–H and O–H groups in total. The molecule has 2 aromatic rings. The minimum atomic E-state index is -0.364. The summed E-state index contributed by atoms with van der Waals surface area (Å²) in [6.07, 6.45) is 0.715. The smallest absolute Gasteiger partial charge is 0.238 e. The number of rotatable bonds is 5. The van der Waals surface area contributed by atoms with Crippen molar-refractivity contribution in [2.24, 2.45) is 0 Å². The van der Waals surface area contributed by atoms with Gasteiger partial charge in [0.05, 0.1) is 6.04 Å². The first-order chi connectivity index (χ1) is 11.2. The average molecular weight is 343 g/mol. The first-order valence-corrected chi connectivity index (χ1v) is 9.34. The molecule has 1 heterocycles. The monoisotopic (exact) mass is 343 g/mol. The molecule has 0 spiro atoms. The van der Waals surface area contributed by atoms with Gasteiger partial charge in [0, 0.05) is 10.6 Å². The van der Waals surface area contributed by atoms with Gasteiger partial charge in [-0.2, -0.15) is 0 Å². The summed E-state index contributed by atoms with van der Waals surface area (Å²) in [5.74, 6) is 0.678. The van der Waals surface area contributed by atoms with Crippen LogP contribution in [0.15, 0.2) is 65.6 Å². The van der Waals surface area contributed by atoms with Crippen LogP contribution >= 0.6 is 23.5 Å². The molecule has 118 valence electrons. The second-order valence-corrected chi connectivity index (χ2v) is 7.52. The summed E-state index contributed by atoms with van der Waals surface area (Å²) >= 11 is 2.80. The third-order valence-electron chi connectivity index (χ3n) is 3.59. The van der Waals surface area contributed by atoms with Crippen LogP contribution in [0, 0.1) is 0 Å². The van der Waals surface area contributed by atoms with Crippen LogP contribution in [0.4, 0.5) is 0 Å². The molecule has 0 saturated carbocycles. The number of hydrogen-bond donors (Lipinski definition) is 1. The number of hydrogen-bond acceptors (Lipinski definition) is 4. The molecule has 1 amide bonds. The van der Waals surface area contributed by atoms with Gasteiger partial charge < -0.3 is 5.32 Å². The van der Waals surface area contributed by atoms with E-state index in [4.69, 9.17) is 0 Å². The normalized spacial score (nSPS) is 18.6. The van der Waals surface area contributed by atoms with Crippen LogP contribution in [0.3, 0.4) is 0 Å². The highest BCUT2D eigenvalue weighted by Gasteiger charge is 2.30. The highest BCUT2D eigenvalue weighted by atomic mass is 32.2.